The second kappa shape index (κ2) is 4.85. The lowest BCUT2D eigenvalue weighted by Crippen LogP contribution is -2.05. The molecule has 0 radical (unpaired) electrons. The summed E-state index contributed by atoms with van der Waals surface area (Å²) >= 11 is 6.64. The van der Waals surface area contributed by atoms with Crippen LogP contribution >= 0.6 is 11.6 Å². The summed E-state index contributed by atoms with van der Waals surface area (Å²) < 4.78 is 15.7. The number of fused-ring (bicyclic) bond motifs is 1. The van der Waals surface area contributed by atoms with Gasteiger partial charge < -0.3 is 4.57 Å². The lowest BCUT2D eigenvalue weighted by atomic mass is 10.1. The Labute approximate surface area is 127 Å². The summed E-state index contributed by atoms with van der Waals surface area (Å²) in [5.41, 5.74) is 2.66. The fourth-order valence-corrected chi connectivity index (χ4v) is 3.05. The number of hydrogen-bond acceptors (Lipinski definition) is 1. The summed E-state index contributed by atoms with van der Waals surface area (Å²) in [6.45, 7) is 0. The second-order valence-electron chi connectivity index (χ2n) is 5.48. The molecular weight excluding hydrogens is 287 g/mol. The predicted octanol–water partition coefficient (Wildman–Crippen LogP) is 4.84. The molecule has 1 atom stereocenters. The Morgan fingerprint density at radius 1 is 1.14 bits per heavy atom. The molecule has 1 heterocycles. The van der Waals surface area contributed by atoms with E-state index >= 15 is 0 Å². The minimum atomic E-state index is -0.317. The Morgan fingerprint density at radius 2 is 1.90 bits per heavy atom. The van der Waals surface area contributed by atoms with Crippen molar-refractivity contribution in [2.75, 3.05) is 0 Å². The van der Waals surface area contributed by atoms with E-state index in [1.165, 1.54) is 6.07 Å². The molecule has 4 heteroatoms. The van der Waals surface area contributed by atoms with Gasteiger partial charge in [-0.3, -0.25) is 0 Å². The van der Waals surface area contributed by atoms with Crippen LogP contribution in [0.15, 0.2) is 48.5 Å². The van der Waals surface area contributed by atoms with Crippen LogP contribution in [0.3, 0.4) is 0 Å². The molecule has 0 N–H and O–H groups in total. The van der Waals surface area contributed by atoms with Crippen LogP contribution < -0.4 is 0 Å². The van der Waals surface area contributed by atoms with E-state index in [1.807, 2.05) is 30.3 Å². The van der Waals surface area contributed by atoms with E-state index in [1.54, 1.807) is 12.1 Å². The van der Waals surface area contributed by atoms with Crippen molar-refractivity contribution < 1.29 is 4.39 Å². The number of halogens is 2. The molecule has 3 aromatic rings. The summed E-state index contributed by atoms with van der Waals surface area (Å²) in [7, 11) is 0. The smallest absolute Gasteiger partial charge is 0.132 e. The topological polar surface area (TPSA) is 17.8 Å². The fraction of sp³-hybridized carbons (Fsp3) is 0.235. The van der Waals surface area contributed by atoms with Gasteiger partial charge in [0, 0.05) is 6.04 Å². The second-order valence-corrected chi connectivity index (χ2v) is 5.91. The van der Waals surface area contributed by atoms with Crippen molar-refractivity contribution in [2.24, 2.45) is 0 Å². The molecule has 1 unspecified atom stereocenters. The first-order valence-corrected chi connectivity index (χ1v) is 7.54. The van der Waals surface area contributed by atoms with E-state index in [4.69, 9.17) is 11.6 Å². The predicted molar refractivity (Wildman–Crippen MR) is 82.1 cm³/mol. The molecule has 0 spiro atoms. The summed E-state index contributed by atoms with van der Waals surface area (Å²) in [5, 5.41) is -0.317. The van der Waals surface area contributed by atoms with Crippen molar-refractivity contribution in [3.05, 3.63) is 65.7 Å². The monoisotopic (exact) mass is 300 g/mol. The zero-order valence-electron chi connectivity index (χ0n) is 11.3. The molecule has 1 fully saturated rings. The molecular formula is C17H14ClFN2. The number of imidazole rings is 1. The van der Waals surface area contributed by atoms with Crippen molar-refractivity contribution in [1.82, 2.24) is 9.55 Å². The molecule has 106 valence electrons. The summed E-state index contributed by atoms with van der Waals surface area (Å²) in [6.07, 6.45) is 2.21. The largest absolute Gasteiger partial charge is 0.323 e. The molecule has 4 rings (SSSR count). The summed E-state index contributed by atoms with van der Waals surface area (Å²) in [6, 6.07) is 15.0. The maximum Gasteiger partial charge on any atom is 0.132 e. The summed E-state index contributed by atoms with van der Waals surface area (Å²) in [5.74, 6) is 0.577. The van der Waals surface area contributed by atoms with Crippen LogP contribution in [-0.2, 0) is 0 Å². The first kappa shape index (κ1) is 12.8. The van der Waals surface area contributed by atoms with E-state index in [0.717, 1.165) is 35.3 Å². The minimum absolute atomic E-state index is 0.235. The van der Waals surface area contributed by atoms with Crippen LogP contribution in [0.4, 0.5) is 4.39 Å². The van der Waals surface area contributed by atoms with Gasteiger partial charge in [0.15, 0.2) is 0 Å². The molecule has 21 heavy (non-hydrogen) atoms. The van der Waals surface area contributed by atoms with Crippen molar-refractivity contribution in [3.63, 3.8) is 0 Å². The third-order valence-corrected chi connectivity index (χ3v) is 4.36. The maximum absolute atomic E-state index is 13.6. The van der Waals surface area contributed by atoms with Crippen LogP contribution in [0.2, 0.25) is 0 Å². The molecule has 1 aliphatic carbocycles. The van der Waals surface area contributed by atoms with E-state index in [0.29, 0.717) is 6.04 Å². The quantitative estimate of drug-likeness (QED) is 0.633. The highest BCUT2D eigenvalue weighted by Gasteiger charge is 2.31. The zero-order valence-corrected chi connectivity index (χ0v) is 12.1. The Bertz CT molecular complexity index is 793. The molecule has 2 aromatic carbocycles. The fourth-order valence-electron chi connectivity index (χ4n) is 2.75. The molecule has 0 aliphatic heterocycles. The SMILES string of the molecule is Fc1ccc2nc(C(Cl)c3ccccc3)n(C3CC3)c2c1. The van der Waals surface area contributed by atoms with Gasteiger partial charge in [-0.05, 0) is 36.6 Å². The van der Waals surface area contributed by atoms with Crippen molar-refractivity contribution in [3.8, 4) is 0 Å². The van der Waals surface area contributed by atoms with Crippen LogP contribution in [0.25, 0.3) is 11.0 Å². The highest BCUT2D eigenvalue weighted by atomic mass is 35.5. The molecule has 1 aliphatic rings. The highest BCUT2D eigenvalue weighted by Crippen LogP contribution is 2.42. The van der Waals surface area contributed by atoms with Crippen LogP contribution in [-0.4, -0.2) is 9.55 Å². The summed E-state index contributed by atoms with van der Waals surface area (Å²) in [4.78, 5) is 4.66. The van der Waals surface area contributed by atoms with Gasteiger partial charge in [0.05, 0.1) is 11.0 Å². The standard InChI is InChI=1S/C17H14ClFN2/c18-16(11-4-2-1-3-5-11)17-20-14-9-6-12(19)10-15(14)21(17)13-7-8-13/h1-6,9-10,13,16H,7-8H2. The zero-order chi connectivity index (χ0) is 14.4. The van der Waals surface area contributed by atoms with Gasteiger partial charge in [0.2, 0.25) is 0 Å². The Hall–Kier alpha value is -1.87. The van der Waals surface area contributed by atoms with Crippen LogP contribution in [0.1, 0.15) is 35.6 Å². The third kappa shape index (κ3) is 2.22. The number of rotatable bonds is 3. The average Bonchev–Trinajstić information content (AvgIpc) is 3.28. The highest BCUT2D eigenvalue weighted by molar-refractivity contribution is 6.22. The maximum atomic E-state index is 13.6. The van der Waals surface area contributed by atoms with Gasteiger partial charge in [0.25, 0.3) is 0 Å². The Kier molecular flexibility index (Phi) is 2.96. The van der Waals surface area contributed by atoms with Gasteiger partial charge >= 0.3 is 0 Å². The van der Waals surface area contributed by atoms with Gasteiger partial charge in [-0.15, -0.1) is 11.6 Å². The molecule has 0 bridgehead atoms. The van der Waals surface area contributed by atoms with Gasteiger partial charge in [-0.1, -0.05) is 30.3 Å². The van der Waals surface area contributed by atoms with E-state index in [2.05, 4.69) is 9.55 Å². The molecule has 0 saturated heterocycles. The molecule has 2 nitrogen and oxygen atoms in total. The number of hydrogen-bond donors (Lipinski definition) is 0. The minimum Gasteiger partial charge on any atom is -0.323 e. The first-order chi connectivity index (χ1) is 10.2. The molecule has 1 saturated carbocycles. The molecule has 0 amide bonds. The van der Waals surface area contributed by atoms with E-state index in [9.17, 15) is 4.39 Å². The third-order valence-electron chi connectivity index (χ3n) is 3.91. The number of benzene rings is 2. The number of aromatic nitrogens is 2. The normalized spacial score (nSPS) is 16.3. The number of alkyl halides is 1. The molecule has 1 aromatic heterocycles. The average molecular weight is 301 g/mol. The van der Waals surface area contributed by atoms with Crippen molar-refractivity contribution in [2.45, 2.75) is 24.3 Å². The van der Waals surface area contributed by atoms with Gasteiger partial charge in [-0.25, -0.2) is 9.37 Å². The van der Waals surface area contributed by atoms with E-state index < -0.39 is 0 Å². The first-order valence-electron chi connectivity index (χ1n) is 7.10. The van der Waals surface area contributed by atoms with Crippen molar-refractivity contribution in [1.29, 1.82) is 0 Å². The van der Waals surface area contributed by atoms with E-state index in [-0.39, 0.29) is 11.2 Å². The Balaban J connectivity index is 1.90. The number of nitrogens with zero attached hydrogens (tertiary/aromatic N) is 2. The lowest BCUT2D eigenvalue weighted by Gasteiger charge is -2.13. The van der Waals surface area contributed by atoms with Gasteiger partial charge in [-0.2, -0.15) is 0 Å². The van der Waals surface area contributed by atoms with Crippen LogP contribution in [0.5, 0.6) is 0 Å². The Morgan fingerprint density at radius 3 is 2.62 bits per heavy atom. The lowest BCUT2D eigenvalue weighted by molar-refractivity contribution is 0.627. The van der Waals surface area contributed by atoms with Crippen LogP contribution in [0, 0.1) is 5.82 Å². The van der Waals surface area contributed by atoms with Crippen molar-refractivity contribution >= 4 is 22.6 Å². The van der Waals surface area contributed by atoms with Gasteiger partial charge in [0.1, 0.15) is 17.0 Å².